The minimum Gasteiger partial charge on any atom is -0.467 e. The van der Waals surface area contributed by atoms with Crippen molar-refractivity contribution in [3.8, 4) is 0 Å². The van der Waals surface area contributed by atoms with Gasteiger partial charge in [0.15, 0.2) is 0 Å². The standard InChI is InChI=1S/C17H23N3O4/c1-17(2,3)24-16(22)19-12(15(21)23-5)10-14-18-11-8-6-7-9-13(11)20(14)4/h6-9,12H,10H2,1-5H3,(H,19,22)/t12-/m0/s1. The highest BCUT2D eigenvalue weighted by Gasteiger charge is 2.27. The third-order valence-corrected chi connectivity index (χ3v) is 3.44. The lowest BCUT2D eigenvalue weighted by Crippen LogP contribution is -2.45. The summed E-state index contributed by atoms with van der Waals surface area (Å²) in [4.78, 5) is 28.5. The van der Waals surface area contributed by atoms with E-state index in [1.807, 2.05) is 35.9 Å². The lowest BCUT2D eigenvalue weighted by atomic mass is 10.2. The number of esters is 1. The van der Waals surface area contributed by atoms with Crippen LogP contribution in [0.3, 0.4) is 0 Å². The van der Waals surface area contributed by atoms with Gasteiger partial charge in [-0.2, -0.15) is 0 Å². The van der Waals surface area contributed by atoms with Gasteiger partial charge in [0.05, 0.1) is 18.1 Å². The first kappa shape index (κ1) is 17.8. The maximum atomic E-state index is 12.0. The van der Waals surface area contributed by atoms with Gasteiger partial charge in [-0.15, -0.1) is 0 Å². The maximum absolute atomic E-state index is 12.0. The summed E-state index contributed by atoms with van der Waals surface area (Å²) in [6.07, 6.45) is -0.464. The van der Waals surface area contributed by atoms with Gasteiger partial charge >= 0.3 is 12.1 Å². The van der Waals surface area contributed by atoms with Gasteiger partial charge in [-0.25, -0.2) is 14.6 Å². The van der Waals surface area contributed by atoms with E-state index in [9.17, 15) is 9.59 Å². The zero-order valence-electron chi connectivity index (χ0n) is 14.6. The number of ether oxygens (including phenoxy) is 2. The molecule has 0 radical (unpaired) electrons. The Hall–Kier alpha value is -2.57. The molecule has 0 aliphatic carbocycles. The zero-order chi connectivity index (χ0) is 17.9. The SMILES string of the molecule is COC(=O)[C@H](Cc1nc2ccccc2n1C)NC(=O)OC(C)(C)C. The molecule has 2 aromatic rings. The molecule has 0 spiro atoms. The van der Waals surface area contributed by atoms with Crippen molar-refractivity contribution in [2.45, 2.75) is 38.8 Å². The normalized spacial score (nSPS) is 12.7. The van der Waals surface area contributed by atoms with Crippen molar-refractivity contribution in [1.82, 2.24) is 14.9 Å². The van der Waals surface area contributed by atoms with Crippen molar-refractivity contribution in [2.24, 2.45) is 7.05 Å². The van der Waals surface area contributed by atoms with Crippen molar-refractivity contribution >= 4 is 23.1 Å². The number of amides is 1. The molecule has 0 unspecified atom stereocenters. The summed E-state index contributed by atoms with van der Waals surface area (Å²) in [6.45, 7) is 5.27. The highest BCUT2D eigenvalue weighted by atomic mass is 16.6. The van der Waals surface area contributed by atoms with Crippen LogP contribution in [-0.2, 0) is 27.7 Å². The van der Waals surface area contributed by atoms with Gasteiger partial charge in [-0.1, -0.05) is 12.1 Å². The molecular formula is C17H23N3O4. The number of imidazole rings is 1. The largest absolute Gasteiger partial charge is 0.467 e. The van der Waals surface area contributed by atoms with E-state index in [0.717, 1.165) is 11.0 Å². The fraction of sp³-hybridized carbons (Fsp3) is 0.471. The molecule has 1 aromatic carbocycles. The number of rotatable bonds is 4. The van der Waals surface area contributed by atoms with Gasteiger partial charge in [-0.05, 0) is 32.9 Å². The average Bonchev–Trinajstić information content (AvgIpc) is 2.81. The Labute approximate surface area is 141 Å². The van der Waals surface area contributed by atoms with Gasteiger partial charge in [0.2, 0.25) is 0 Å². The number of alkyl carbamates (subject to hydrolysis) is 1. The van der Waals surface area contributed by atoms with Crippen molar-refractivity contribution < 1.29 is 19.1 Å². The van der Waals surface area contributed by atoms with Crippen LogP contribution in [0, 0.1) is 0 Å². The molecule has 2 rings (SSSR count). The Bertz CT molecular complexity index is 746. The quantitative estimate of drug-likeness (QED) is 0.867. The van der Waals surface area contributed by atoms with Crippen LogP contribution in [-0.4, -0.2) is 40.4 Å². The van der Waals surface area contributed by atoms with Gasteiger partial charge in [0.25, 0.3) is 0 Å². The summed E-state index contributed by atoms with van der Waals surface area (Å²) in [5, 5.41) is 2.56. The van der Waals surface area contributed by atoms with E-state index in [0.29, 0.717) is 5.82 Å². The van der Waals surface area contributed by atoms with Crippen LogP contribution in [0.4, 0.5) is 4.79 Å². The van der Waals surface area contributed by atoms with Crippen LogP contribution in [0.1, 0.15) is 26.6 Å². The molecule has 0 saturated heterocycles. The van der Waals surface area contributed by atoms with Gasteiger partial charge < -0.3 is 19.4 Å². The van der Waals surface area contributed by atoms with Crippen LogP contribution in [0.15, 0.2) is 24.3 Å². The molecule has 7 nitrogen and oxygen atoms in total. The van der Waals surface area contributed by atoms with E-state index in [1.54, 1.807) is 20.8 Å². The summed E-state index contributed by atoms with van der Waals surface area (Å²) in [6, 6.07) is 6.79. The van der Waals surface area contributed by atoms with Crippen LogP contribution in [0.25, 0.3) is 11.0 Å². The van der Waals surface area contributed by atoms with E-state index in [2.05, 4.69) is 10.3 Å². The second-order valence-corrected chi connectivity index (χ2v) is 6.50. The second-order valence-electron chi connectivity index (χ2n) is 6.50. The summed E-state index contributed by atoms with van der Waals surface area (Å²) >= 11 is 0. The number of hydrogen-bond acceptors (Lipinski definition) is 5. The van der Waals surface area contributed by atoms with Crippen molar-refractivity contribution in [2.75, 3.05) is 7.11 Å². The van der Waals surface area contributed by atoms with Crippen LogP contribution >= 0.6 is 0 Å². The number of aromatic nitrogens is 2. The molecule has 1 N–H and O–H groups in total. The maximum Gasteiger partial charge on any atom is 0.408 e. The monoisotopic (exact) mass is 333 g/mol. The Morgan fingerprint density at radius 1 is 1.29 bits per heavy atom. The van der Waals surface area contributed by atoms with Gasteiger partial charge in [-0.3, -0.25) is 0 Å². The van der Waals surface area contributed by atoms with Crippen molar-refractivity contribution in [3.05, 3.63) is 30.1 Å². The van der Waals surface area contributed by atoms with E-state index in [-0.39, 0.29) is 6.42 Å². The third kappa shape index (κ3) is 4.24. The van der Waals surface area contributed by atoms with E-state index < -0.39 is 23.7 Å². The predicted molar refractivity (Wildman–Crippen MR) is 89.6 cm³/mol. The summed E-state index contributed by atoms with van der Waals surface area (Å²) in [5.41, 5.74) is 1.13. The molecule has 1 amide bonds. The van der Waals surface area contributed by atoms with E-state index >= 15 is 0 Å². The summed E-state index contributed by atoms with van der Waals surface area (Å²) in [7, 11) is 3.15. The Morgan fingerprint density at radius 3 is 2.54 bits per heavy atom. The topological polar surface area (TPSA) is 82.5 Å². The first-order valence-electron chi connectivity index (χ1n) is 7.69. The third-order valence-electron chi connectivity index (χ3n) is 3.44. The molecule has 1 atom stereocenters. The number of aryl methyl sites for hydroxylation is 1. The lowest BCUT2D eigenvalue weighted by Gasteiger charge is -2.22. The van der Waals surface area contributed by atoms with Crippen LogP contribution in [0.2, 0.25) is 0 Å². The minimum absolute atomic E-state index is 0.205. The number of carbonyl (C=O) groups excluding carboxylic acids is 2. The first-order chi connectivity index (χ1) is 11.2. The molecule has 24 heavy (non-hydrogen) atoms. The number of carbonyl (C=O) groups is 2. The minimum atomic E-state index is -0.875. The zero-order valence-corrected chi connectivity index (χ0v) is 14.6. The number of nitrogens with zero attached hydrogens (tertiary/aromatic N) is 2. The number of para-hydroxylation sites is 2. The number of nitrogens with one attached hydrogen (secondary N) is 1. The van der Waals surface area contributed by atoms with E-state index in [1.165, 1.54) is 7.11 Å². The molecule has 0 bridgehead atoms. The highest BCUT2D eigenvalue weighted by molar-refractivity contribution is 5.82. The van der Waals surface area contributed by atoms with Gasteiger partial charge in [0.1, 0.15) is 17.5 Å². The molecule has 0 aliphatic heterocycles. The molecule has 130 valence electrons. The van der Waals surface area contributed by atoms with Crippen LogP contribution < -0.4 is 5.32 Å². The van der Waals surface area contributed by atoms with Crippen molar-refractivity contribution in [3.63, 3.8) is 0 Å². The highest BCUT2D eigenvalue weighted by Crippen LogP contribution is 2.16. The molecule has 0 fully saturated rings. The number of methoxy groups -OCH3 is 1. The number of fused-ring (bicyclic) bond motifs is 1. The number of hydrogen-bond donors (Lipinski definition) is 1. The summed E-state index contributed by atoms with van der Waals surface area (Å²) < 4.78 is 11.9. The molecule has 0 saturated carbocycles. The fourth-order valence-corrected chi connectivity index (χ4v) is 2.35. The second kappa shape index (κ2) is 6.90. The lowest BCUT2D eigenvalue weighted by molar-refractivity contribution is -0.143. The smallest absolute Gasteiger partial charge is 0.408 e. The van der Waals surface area contributed by atoms with Crippen molar-refractivity contribution in [1.29, 1.82) is 0 Å². The summed E-state index contributed by atoms with van der Waals surface area (Å²) in [5.74, 6) is 0.121. The molecule has 1 aromatic heterocycles. The molecule has 1 heterocycles. The first-order valence-corrected chi connectivity index (χ1v) is 7.69. The van der Waals surface area contributed by atoms with Gasteiger partial charge in [0, 0.05) is 13.5 Å². The molecule has 0 aliphatic rings. The van der Waals surface area contributed by atoms with E-state index in [4.69, 9.17) is 9.47 Å². The average molecular weight is 333 g/mol. The predicted octanol–water partition coefficient (Wildman–Crippen LogP) is 2.18. The Morgan fingerprint density at radius 2 is 1.96 bits per heavy atom. The van der Waals surface area contributed by atoms with Crippen LogP contribution in [0.5, 0.6) is 0 Å². The molecule has 7 heteroatoms. The fourth-order valence-electron chi connectivity index (χ4n) is 2.35. The Kier molecular flexibility index (Phi) is 5.11. The molecular weight excluding hydrogens is 310 g/mol. The Balaban J connectivity index is 2.20. The number of benzene rings is 1.